The molecule has 0 unspecified atom stereocenters. The van der Waals surface area contributed by atoms with E-state index in [1.807, 2.05) is 13.8 Å². The van der Waals surface area contributed by atoms with Gasteiger partial charge in [0.2, 0.25) is 0 Å². The number of hydrogen-bond donors (Lipinski definition) is 1. The highest BCUT2D eigenvalue weighted by Gasteiger charge is 2.25. The first kappa shape index (κ1) is 18.9. The van der Waals surface area contributed by atoms with E-state index in [0.29, 0.717) is 54.1 Å². The number of ether oxygens (including phenoxy) is 1. The lowest BCUT2D eigenvalue weighted by Gasteiger charge is -2.32. The van der Waals surface area contributed by atoms with Crippen LogP contribution in [-0.4, -0.2) is 42.6 Å². The highest BCUT2D eigenvalue weighted by Crippen LogP contribution is 2.21. The van der Waals surface area contributed by atoms with Gasteiger partial charge in [-0.2, -0.15) is 0 Å². The second kappa shape index (κ2) is 8.58. The normalized spacial score (nSPS) is 15.5. The molecule has 0 bridgehead atoms. The Labute approximate surface area is 152 Å². The standard InChI is InChI=1S/C17H22Cl2N2O3/c1-11(2)10-24-17(23)21-7-5-13(6-8-21)20-16(22)14-9-12(18)3-4-15(14)19/h3-4,9,11,13H,5-8,10H2,1-2H3,(H,20,22). The molecule has 1 aliphatic heterocycles. The number of rotatable bonds is 4. The van der Waals surface area contributed by atoms with E-state index in [1.54, 1.807) is 23.1 Å². The van der Waals surface area contributed by atoms with Crippen LogP contribution in [0.5, 0.6) is 0 Å². The number of carbonyl (C=O) groups excluding carboxylic acids is 2. The van der Waals surface area contributed by atoms with E-state index in [1.165, 1.54) is 0 Å². The Hall–Kier alpha value is -1.46. The average Bonchev–Trinajstić information content (AvgIpc) is 2.55. The summed E-state index contributed by atoms with van der Waals surface area (Å²) in [5.41, 5.74) is 0.364. The van der Waals surface area contributed by atoms with Gasteiger partial charge in [-0.15, -0.1) is 0 Å². The van der Waals surface area contributed by atoms with Crippen LogP contribution in [0.4, 0.5) is 4.79 Å². The molecule has 0 spiro atoms. The summed E-state index contributed by atoms with van der Waals surface area (Å²) in [4.78, 5) is 25.9. The van der Waals surface area contributed by atoms with Crippen LogP contribution in [0.1, 0.15) is 37.0 Å². The van der Waals surface area contributed by atoms with Crippen LogP contribution in [0.3, 0.4) is 0 Å². The number of nitrogens with zero attached hydrogens (tertiary/aromatic N) is 1. The summed E-state index contributed by atoms with van der Waals surface area (Å²) < 4.78 is 5.23. The van der Waals surface area contributed by atoms with Gasteiger partial charge in [0.05, 0.1) is 17.2 Å². The molecular formula is C17H22Cl2N2O3. The summed E-state index contributed by atoms with van der Waals surface area (Å²) in [5.74, 6) is 0.0663. The zero-order valence-electron chi connectivity index (χ0n) is 13.9. The van der Waals surface area contributed by atoms with Crippen molar-refractivity contribution in [2.45, 2.75) is 32.7 Å². The molecule has 0 atom stereocenters. The van der Waals surface area contributed by atoms with Gasteiger partial charge in [0.15, 0.2) is 0 Å². The molecule has 0 aliphatic carbocycles. The zero-order valence-corrected chi connectivity index (χ0v) is 15.4. The van der Waals surface area contributed by atoms with Gasteiger partial charge in [-0.05, 0) is 37.0 Å². The molecule has 0 saturated carbocycles. The third kappa shape index (κ3) is 5.28. The van der Waals surface area contributed by atoms with Gasteiger partial charge in [-0.25, -0.2) is 4.79 Å². The van der Waals surface area contributed by atoms with Crippen molar-refractivity contribution in [3.8, 4) is 0 Å². The van der Waals surface area contributed by atoms with Crippen LogP contribution in [0.25, 0.3) is 0 Å². The minimum Gasteiger partial charge on any atom is -0.449 e. The van der Waals surface area contributed by atoms with Crippen LogP contribution in [0, 0.1) is 5.92 Å². The largest absolute Gasteiger partial charge is 0.449 e. The fraction of sp³-hybridized carbons (Fsp3) is 0.529. The second-order valence-electron chi connectivity index (χ2n) is 6.33. The van der Waals surface area contributed by atoms with Gasteiger partial charge in [0.1, 0.15) is 0 Å². The number of nitrogens with one attached hydrogen (secondary N) is 1. The third-order valence-electron chi connectivity index (χ3n) is 3.80. The summed E-state index contributed by atoms with van der Waals surface area (Å²) in [5, 5.41) is 3.78. The van der Waals surface area contributed by atoms with Gasteiger partial charge in [0.25, 0.3) is 5.91 Å². The van der Waals surface area contributed by atoms with E-state index >= 15 is 0 Å². The van der Waals surface area contributed by atoms with Crippen LogP contribution < -0.4 is 5.32 Å². The summed E-state index contributed by atoms with van der Waals surface area (Å²) in [6.07, 6.45) is 1.08. The highest BCUT2D eigenvalue weighted by atomic mass is 35.5. The van der Waals surface area contributed by atoms with Crippen molar-refractivity contribution in [2.24, 2.45) is 5.92 Å². The van der Waals surface area contributed by atoms with Crippen molar-refractivity contribution in [2.75, 3.05) is 19.7 Å². The summed E-state index contributed by atoms with van der Waals surface area (Å²) >= 11 is 12.0. The first-order chi connectivity index (χ1) is 11.4. The topological polar surface area (TPSA) is 58.6 Å². The summed E-state index contributed by atoms with van der Waals surface area (Å²) in [6, 6.07) is 4.80. The van der Waals surface area contributed by atoms with Gasteiger partial charge >= 0.3 is 6.09 Å². The lowest BCUT2D eigenvalue weighted by Crippen LogP contribution is -2.46. The molecule has 0 aromatic heterocycles. The van der Waals surface area contributed by atoms with E-state index in [0.717, 1.165) is 0 Å². The van der Waals surface area contributed by atoms with Crippen molar-refractivity contribution in [1.29, 1.82) is 0 Å². The number of piperidine rings is 1. The molecule has 1 N–H and O–H groups in total. The molecule has 5 nitrogen and oxygen atoms in total. The molecule has 1 fully saturated rings. The number of benzene rings is 1. The maximum Gasteiger partial charge on any atom is 0.409 e. The Balaban J connectivity index is 1.83. The molecule has 1 heterocycles. The van der Waals surface area contributed by atoms with Gasteiger partial charge in [-0.3, -0.25) is 4.79 Å². The van der Waals surface area contributed by atoms with Crippen LogP contribution in [-0.2, 0) is 4.74 Å². The third-order valence-corrected chi connectivity index (χ3v) is 4.37. The minimum absolute atomic E-state index is 0.00157. The predicted octanol–water partition coefficient (Wildman–Crippen LogP) is 3.98. The van der Waals surface area contributed by atoms with Gasteiger partial charge in [0, 0.05) is 24.2 Å². The minimum atomic E-state index is -0.286. The molecule has 1 aliphatic rings. The average molecular weight is 373 g/mol. The number of hydrogen-bond acceptors (Lipinski definition) is 3. The number of likely N-dealkylation sites (tertiary alicyclic amines) is 1. The SMILES string of the molecule is CC(C)COC(=O)N1CCC(NC(=O)c2cc(Cl)ccc2Cl)CC1. The maximum absolute atomic E-state index is 12.3. The van der Waals surface area contributed by atoms with Crippen molar-refractivity contribution in [3.63, 3.8) is 0 Å². The van der Waals surface area contributed by atoms with E-state index in [2.05, 4.69) is 5.32 Å². The molecule has 1 aromatic carbocycles. The van der Waals surface area contributed by atoms with E-state index < -0.39 is 0 Å². The van der Waals surface area contributed by atoms with Crippen molar-refractivity contribution in [3.05, 3.63) is 33.8 Å². The fourth-order valence-corrected chi connectivity index (χ4v) is 2.85. The van der Waals surface area contributed by atoms with E-state index in [4.69, 9.17) is 27.9 Å². The molecular weight excluding hydrogens is 351 g/mol. The van der Waals surface area contributed by atoms with Crippen LogP contribution in [0.2, 0.25) is 10.0 Å². The highest BCUT2D eigenvalue weighted by molar-refractivity contribution is 6.35. The Morgan fingerprint density at radius 2 is 1.96 bits per heavy atom. The fourth-order valence-electron chi connectivity index (χ4n) is 2.47. The number of carbonyl (C=O) groups is 2. The smallest absolute Gasteiger partial charge is 0.409 e. The maximum atomic E-state index is 12.3. The van der Waals surface area contributed by atoms with Gasteiger partial charge < -0.3 is 15.0 Å². The van der Waals surface area contributed by atoms with Gasteiger partial charge in [-0.1, -0.05) is 37.0 Å². The quantitative estimate of drug-likeness (QED) is 0.869. The molecule has 2 amide bonds. The number of halogens is 2. The molecule has 7 heteroatoms. The Morgan fingerprint density at radius 1 is 1.29 bits per heavy atom. The number of amides is 2. The predicted molar refractivity (Wildman–Crippen MR) is 94.7 cm³/mol. The Bertz CT molecular complexity index is 599. The molecule has 2 rings (SSSR count). The molecule has 1 saturated heterocycles. The Kier molecular flexibility index (Phi) is 6.75. The van der Waals surface area contributed by atoms with E-state index in [9.17, 15) is 9.59 Å². The first-order valence-electron chi connectivity index (χ1n) is 8.04. The molecule has 24 heavy (non-hydrogen) atoms. The first-order valence-corrected chi connectivity index (χ1v) is 8.80. The zero-order chi connectivity index (χ0) is 17.7. The van der Waals surface area contributed by atoms with Crippen molar-refractivity contribution >= 4 is 35.2 Å². The monoisotopic (exact) mass is 372 g/mol. The second-order valence-corrected chi connectivity index (χ2v) is 7.17. The summed E-state index contributed by atoms with van der Waals surface area (Å²) in [6.45, 7) is 5.53. The van der Waals surface area contributed by atoms with Crippen LogP contribution >= 0.6 is 23.2 Å². The lowest BCUT2D eigenvalue weighted by molar-refractivity contribution is 0.0785. The Morgan fingerprint density at radius 3 is 2.58 bits per heavy atom. The van der Waals surface area contributed by atoms with Crippen LogP contribution in [0.15, 0.2) is 18.2 Å². The molecule has 0 radical (unpaired) electrons. The van der Waals surface area contributed by atoms with Crippen molar-refractivity contribution < 1.29 is 14.3 Å². The summed E-state index contributed by atoms with van der Waals surface area (Å²) in [7, 11) is 0. The lowest BCUT2D eigenvalue weighted by atomic mass is 10.0. The molecule has 1 aromatic rings. The van der Waals surface area contributed by atoms with E-state index in [-0.39, 0.29) is 18.0 Å². The molecule has 132 valence electrons. The van der Waals surface area contributed by atoms with Crippen molar-refractivity contribution in [1.82, 2.24) is 10.2 Å².